The van der Waals surface area contributed by atoms with Crippen molar-refractivity contribution in [3.8, 4) is 6.07 Å². The molecule has 1 amide bonds. The average Bonchev–Trinajstić information content (AvgIpc) is 2.66. The Hall–Kier alpha value is -1.24. The molecule has 0 saturated carbocycles. The van der Waals surface area contributed by atoms with Crippen molar-refractivity contribution >= 4 is 6.09 Å². The number of carbonyl (C=O) groups excluding carboxylic acids is 1. The SMILES string of the molecule is CCC(C#N)C1CCN(C(=O)OC(C)(C)C)C1. The molecule has 0 spiro atoms. The number of amides is 1. The normalized spacial score (nSPS) is 22.1. The second kappa shape index (κ2) is 5.39. The summed E-state index contributed by atoms with van der Waals surface area (Å²) in [6.07, 6.45) is 1.50. The quantitative estimate of drug-likeness (QED) is 0.743. The fourth-order valence-corrected chi connectivity index (χ4v) is 2.14. The minimum Gasteiger partial charge on any atom is -0.444 e. The summed E-state index contributed by atoms with van der Waals surface area (Å²) in [5, 5.41) is 9.01. The van der Waals surface area contributed by atoms with Gasteiger partial charge in [-0.15, -0.1) is 0 Å². The third kappa shape index (κ3) is 3.92. The van der Waals surface area contributed by atoms with Crippen LogP contribution in [0.15, 0.2) is 0 Å². The summed E-state index contributed by atoms with van der Waals surface area (Å²) in [5.74, 6) is 0.361. The van der Waals surface area contributed by atoms with Crippen LogP contribution in [0.5, 0.6) is 0 Å². The van der Waals surface area contributed by atoms with E-state index in [0.29, 0.717) is 19.0 Å². The van der Waals surface area contributed by atoms with Gasteiger partial charge in [-0.05, 0) is 39.5 Å². The van der Waals surface area contributed by atoms with Gasteiger partial charge in [0.15, 0.2) is 0 Å². The van der Waals surface area contributed by atoms with Crippen LogP contribution in [0.4, 0.5) is 4.79 Å². The zero-order chi connectivity index (χ0) is 13.1. The van der Waals surface area contributed by atoms with E-state index >= 15 is 0 Å². The van der Waals surface area contributed by atoms with E-state index < -0.39 is 5.60 Å². The topological polar surface area (TPSA) is 53.3 Å². The van der Waals surface area contributed by atoms with E-state index in [1.54, 1.807) is 4.90 Å². The number of ether oxygens (including phenoxy) is 1. The predicted molar refractivity (Wildman–Crippen MR) is 65.3 cm³/mol. The van der Waals surface area contributed by atoms with Crippen molar-refractivity contribution in [1.82, 2.24) is 4.90 Å². The van der Waals surface area contributed by atoms with Gasteiger partial charge in [0, 0.05) is 13.1 Å². The monoisotopic (exact) mass is 238 g/mol. The first-order valence-corrected chi connectivity index (χ1v) is 6.25. The standard InChI is InChI=1S/C13H22N2O2/c1-5-10(8-14)11-6-7-15(9-11)12(16)17-13(2,3)4/h10-11H,5-7,9H2,1-4H3. The maximum Gasteiger partial charge on any atom is 0.410 e. The number of nitriles is 1. The van der Waals surface area contributed by atoms with Crippen LogP contribution in [-0.2, 0) is 4.74 Å². The summed E-state index contributed by atoms with van der Waals surface area (Å²) in [7, 11) is 0. The highest BCUT2D eigenvalue weighted by Crippen LogP contribution is 2.27. The Morgan fingerprint density at radius 1 is 1.59 bits per heavy atom. The van der Waals surface area contributed by atoms with E-state index in [1.165, 1.54) is 0 Å². The Bertz CT molecular complexity index is 314. The number of rotatable bonds is 2. The number of nitrogens with zero attached hydrogens (tertiary/aromatic N) is 2. The van der Waals surface area contributed by atoms with E-state index in [1.807, 2.05) is 27.7 Å². The van der Waals surface area contributed by atoms with Gasteiger partial charge in [-0.25, -0.2) is 4.79 Å². The molecule has 4 heteroatoms. The highest BCUT2D eigenvalue weighted by molar-refractivity contribution is 5.68. The van der Waals surface area contributed by atoms with Gasteiger partial charge < -0.3 is 9.64 Å². The lowest BCUT2D eigenvalue weighted by Crippen LogP contribution is -2.35. The van der Waals surface area contributed by atoms with Gasteiger partial charge in [-0.1, -0.05) is 6.92 Å². The maximum atomic E-state index is 11.8. The Balaban J connectivity index is 2.51. The molecule has 17 heavy (non-hydrogen) atoms. The lowest BCUT2D eigenvalue weighted by Gasteiger charge is -2.24. The summed E-state index contributed by atoms with van der Waals surface area (Å²) < 4.78 is 5.32. The Morgan fingerprint density at radius 2 is 2.24 bits per heavy atom. The van der Waals surface area contributed by atoms with Gasteiger partial charge >= 0.3 is 6.09 Å². The Labute approximate surface area is 104 Å². The molecular weight excluding hydrogens is 216 g/mol. The molecule has 0 radical (unpaired) electrons. The van der Waals surface area contributed by atoms with Crippen LogP contribution in [0.1, 0.15) is 40.5 Å². The van der Waals surface area contributed by atoms with Crippen molar-refractivity contribution < 1.29 is 9.53 Å². The third-order valence-corrected chi connectivity index (χ3v) is 3.05. The van der Waals surface area contributed by atoms with E-state index in [9.17, 15) is 4.79 Å². The minimum absolute atomic E-state index is 0.0578. The highest BCUT2D eigenvalue weighted by Gasteiger charge is 2.33. The van der Waals surface area contributed by atoms with Gasteiger partial charge in [0.2, 0.25) is 0 Å². The molecule has 2 unspecified atom stereocenters. The summed E-state index contributed by atoms with van der Waals surface area (Å²) >= 11 is 0. The van der Waals surface area contributed by atoms with Gasteiger partial charge in [-0.2, -0.15) is 5.26 Å². The largest absolute Gasteiger partial charge is 0.444 e. The number of hydrogen-bond acceptors (Lipinski definition) is 3. The van der Waals surface area contributed by atoms with Crippen molar-refractivity contribution in [2.24, 2.45) is 11.8 Å². The zero-order valence-corrected chi connectivity index (χ0v) is 11.2. The van der Waals surface area contributed by atoms with Crippen molar-refractivity contribution in [1.29, 1.82) is 5.26 Å². The van der Waals surface area contributed by atoms with E-state index in [2.05, 4.69) is 6.07 Å². The molecule has 0 aromatic rings. The second-order valence-electron chi connectivity index (χ2n) is 5.62. The van der Waals surface area contributed by atoms with Gasteiger partial charge in [0.1, 0.15) is 5.60 Å². The number of likely N-dealkylation sites (tertiary alicyclic amines) is 1. The zero-order valence-electron chi connectivity index (χ0n) is 11.2. The molecule has 0 N–H and O–H groups in total. The average molecular weight is 238 g/mol. The van der Waals surface area contributed by atoms with E-state index in [4.69, 9.17) is 10.00 Å². The fourth-order valence-electron chi connectivity index (χ4n) is 2.14. The van der Waals surface area contributed by atoms with Crippen molar-refractivity contribution in [3.05, 3.63) is 0 Å². The summed E-state index contributed by atoms with van der Waals surface area (Å²) in [5.41, 5.74) is -0.450. The molecule has 0 aliphatic carbocycles. The van der Waals surface area contributed by atoms with Crippen molar-refractivity contribution in [2.45, 2.75) is 46.1 Å². The molecule has 1 heterocycles. The predicted octanol–water partition coefficient (Wildman–Crippen LogP) is 2.79. The lowest BCUT2D eigenvalue weighted by molar-refractivity contribution is 0.0285. The molecule has 1 aliphatic heterocycles. The van der Waals surface area contributed by atoms with Crippen LogP contribution < -0.4 is 0 Å². The van der Waals surface area contributed by atoms with E-state index in [-0.39, 0.29) is 12.0 Å². The van der Waals surface area contributed by atoms with Crippen LogP contribution in [-0.4, -0.2) is 29.7 Å². The van der Waals surface area contributed by atoms with Gasteiger partial charge in [0.05, 0.1) is 12.0 Å². The molecule has 0 aromatic carbocycles. The maximum absolute atomic E-state index is 11.8. The number of hydrogen-bond donors (Lipinski definition) is 0. The first-order chi connectivity index (χ1) is 7.87. The second-order valence-corrected chi connectivity index (χ2v) is 5.62. The Kier molecular flexibility index (Phi) is 4.39. The van der Waals surface area contributed by atoms with Crippen LogP contribution in [0.3, 0.4) is 0 Å². The highest BCUT2D eigenvalue weighted by atomic mass is 16.6. The smallest absolute Gasteiger partial charge is 0.410 e. The van der Waals surface area contributed by atoms with Gasteiger partial charge in [0.25, 0.3) is 0 Å². The molecule has 2 atom stereocenters. The number of carbonyl (C=O) groups is 1. The molecule has 4 nitrogen and oxygen atoms in total. The molecule has 1 rings (SSSR count). The summed E-state index contributed by atoms with van der Waals surface area (Å²) in [4.78, 5) is 13.5. The minimum atomic E-state index is -0.450. The van der Waals surface area contributed by atoms with E-state index in [0.717, 1.165) is 12.8 Å². The molecule has 1 saturated heterocycles. The third-order valence-electron chi connectivity index (χ3n) is 3.05. The Morgan fingerprint density at radius 3 is 2.71 bits per heavy atom. The molecular formula is C13H22N2O2. The summed E-state index contributed by atoms with van der Waals surface area (Å²) in [6.45, 7) is 8.97. The van der Waals surface area contributed by atoms with Crippen LogP contribution >= 0.6 is 0 Å². The fraction of sp³-hybridized carbons (Fsp3) is 0.846. The van der Waals surface area contributed by atoms with Crippen LogP contribution in [0, 0.1) is 23.2 Å². The molecule has 1 aliphatic rings. The van der Waals surface area contributed by atoms with Crippen molar-refractivity contribution in [2.75, 3.05) is 13.1 Å². The van der Waals surface area contributed by atoms with Crippen LogP contribution in [0.25, 0.3) is 0 Å². The molecule has 96 valence electrons. The first kappa shape index (κ1) is 13.8. The molecule has 0 aromatic heterocycles. The molecule has 0 bridgehead atoms. The summed E-state index contributed by atoms with van der Waals surface area (Å²) in [6, 6.07) is 2.32. The van der Waals surface area contributed by atoms with Crippen LogP contribution in [0.2, 0.25) is 0 Å². The van der Waals surface area contributed by atoms with Crippen molar-refractivity contribution in [3.63, 3.8) is 0 Å². The molecule has 1 fully saturated rings. The lowest BCUT2D eigenvalue weighted by atomic mass is 9.91. The van der Waals surface area contributed by atoms with Gasteiger partial charge in [-0.3, -0.25) is 0 Å². The first-order valence-electron chi connectivity index (χ1n) is 6.25.